The zero-order valence-corrected chi connectivity index (χ0v) is 16.7. The number of amides is 3. The number of imide groups is 1. The molecule has 1 aromatic rings. The number of hydrogen-bond acceptors (Lipinski definition) is 7. The first-order valence-corrected chi connectivity index (χ1v) is 10.1. The second-order valence-electron chi connectivity index (χ2n) is 6.80. The standard InChI is InChI=1S/C17H22FN3O6S/c1-17(27-28(4,25)26,21-14(22)9-13(15(21)23)20(2)3)16(24)19-10-11-7-5-6-8-12(11)18/h5-8,13H,9-10H2,1-4H3,(H,19,24). The Bertz CT molecular complexity index is 904. The number of hydrogen-bond donors (Lipinski definition) is 1. The van der Waals surface area contributed by atoms with Gasteiger partial charge in [0, 0.05) is 12.1 Å². The molecule has 0 aromatic heterocycles. The number of likely N-dealkylation sites (N-methyl/N-ethyl adjacent to an activating group) is 1. The lowest BCUT2D eigenvalue weighted by Crippen LogP contribution is -2.61. The van der Waals surface area contributed by atoms with E-state index in [-0.39, 0.29) is 18.5 Å². The molecule has 2 atom stereocenters. The molecule has 0 saturated carbocycles. The largest absolute Gasteiger partial charge is 0.348 e. The Balaban J connectivity index is 2.35. The number of carbonyl (C=O) groups excluding carboxylic acids is 3. The van der Waals surface area contributed by atoms with Gasteiger partial charge in [0.05, 0.1) is 18.7 Å². The first-order chi connectivity index (χ1) is 12.9. The molecule has 1 fully saturated rings. The minimum absolute atomic E-state index is 0.141. The van der Waals surface area contributed by atoms with Gasteiger partial charge in [0.2, 0.25) is 17.5 Å². The monoisotopic (exact) mass is 415 g/mol. The Kier molecular flexibility index (Phi) is 6.21. The molecule has 1 aliphatic rings. The molecule has 1 aliphatic heterocycles. The van der Waals surface area contributed by atoms with Crippen LogP contribution in [-0.2, 0) is 35.2 Å². The molecule has 3 amide bonds. The van der Waals surface area contributed by atoms with Gasteiger partial charge >= 0.3 is 0 Å². The number of likely N-dealkylation sites (tertiary alicyclic amines) is 1. The van der Waals surface area contributed by atoms with E-state index in [4.69, 9.17) is 4.18 Å². The van der Waals surface area contributed by atoms with Gasteiger partial charge < -0.3 is 5.32 Å². The van der Waals surface area contributed by atoms with Gasteiger partial charge in [0.15, 0.2) is 0 Å². The van der Waals surface area contributed by atoms with Crippen LogP contribution in [0.15, 0.2) is 24.3 Å². The normalized spacial score (nSPS) is 19.8. The van der Waals surface area contributed by atoms with Crippen LogP contribution >= 0.6 is 0 Å². The van der Waals surface area contributed by atoms with Crippen molar-refractivity contribution in [3.8, 4) is 0 Å². The van der Waals surface area contributed by atoms with Crippen molar-refractivity contribution in [2.24, 2.45) is 0 Å². The van der Waals surface area contributed by atoms with Crippen LogP contribution in [0.2, 0.25) is 0 Å². The molecule has 0 bridgehead atoms. The summed E-state index contributed by atoms with van der Waals surface area (Å²) in [6.07, 6.45) is 0.471. The van der Waals surface area contributed by atoms with Crippen LogP contribution in [-0.4, -0.2) is 68.1 Å². The van der Waals surface area contributed by atoms with Crippen molar-refractivity contribution in [3.05, 3.63) is 35.6 Å². The number of benzene rings is 1. The molecule has 2 unspecified atom stereocenters. The van der Waals surface area contributed by atoms with Crippen molar-refractivity contribution < 1.29 is 31.4 Å². The topological polar surface area (TPSA) is 113 Å². The molecule has 1 heterocycles. The predicted molar refractivity (Wildman–Crippen MR) is 96.5 cm³/mol. The summed E-state index contributed by atoms with van der Waals surface area (Å²) in [5.41, 5.74) is -2.31. The molecule has 0 radical (unpaired) electrons. The summed E-state index contributed by atoms with van der Waals surface area (Å²) in [5, 5.41) is 2.34. The van der Waals surface area contributed by atoms with Gasteiger partial charge in [-0.15, -0.1) is 0 Å². The first kappa shape index (κ1) is 21.9. The Labute approximate surface area is 162 Å². The van der Waals surface area contributed by atoms with Crippen LogP contribution < -0.4 is 5.32 Å². The third kappa shape index (κ3) is 4.54. The molecular weight excluding hydrogens is 393 g/mol. The summed E-state index contributed by atoms with van der Waals surface area (Å²) in [4.78, 5) is 39.9. The maximum atomic E-state index is 13.8. The number of nitrogens with one attached hydrogen (secondary N) is 1. The minimum atomic E-state index is -4.23. The molecule has 0 aliphatic carbocycles. The molecule has 11 heteroatoms. The highest BCUT2D eigenvalue weighted by Gasteiger charge is 2.55. The third-order valence-electron chi connectivity index (χ3n) is 4.31. The van der Waals surface area contributed by atoms with Crippen molar-refractivity contribution in [1.82, 2.24) is 15.1 Å². The molecule has 0 spiro atoms. The predicted octanol–water partition coefficient (Wildman–Crippen LogP) is -0.177. The smallest absolute Gasteiger partial charge is 0.275 e. The minimum Gasteiger partial charge on any atom is -0.348 e. The third-order valence-corrected chi connectivity index (χ3v) is 4.93. The maximum absolute atomic E-state index is 13.8. The second-order valence-corrected chi connectivity index (χ2v) is 8.37. The fourth-order valence-electron chi connectivity index (χ4n) is 2.92. The lowest BCUT2D eigenvalue weighted by molar-refractivity contribution is -0.170. The lowest BCUT2D eigenvalue weighted by atomic mass is 10.1. The van der Waals surface area contributed by atoms with Crippen LogP contribution in [0.4, 0.5) is 4.39 Å². The number of rotatable bonds is 7. The molecule has 154 valence electrons. The quantitative estimate of drug-likeness (QED) is 0.486. The van der Waals surface area contributed by atoms with Gasteiger partial charge in [-0.05, 0) is 27.1 Å². The zero-order chi connectivity index (χ0) is 21.3. The fourth-order valence-corrected chi connectivity index (χ4v) is 3.66. The molecule has 1 saturated heterocycles. The summed E-state index contributed by atoms with van der Waals surface area (Å²) in [6, 6.07) is 4.81. The summed E-state index contributed by atoms with van der Waals surface area (Å²) in [6.45, 7) is 0.722. The Morgan fingerprint density at radius 2 is 1.96 bits per heavy atom. The first-order valence-electron chi connectivity index (χ1n) is 8.32. The molecule has 1 aromatic carbocycles. The van der Waals surface area contributed by atoms with E-state index in [0.717, 1.165) is 6.92 Å². The van der Waals surface area contributed by atoms with Crippen molar-refractivity contribution in [2.45, 2.75) is 31.7 Å². The van der Waals surface area contributed by atoms with Gasteiger partial charge in [0.25, 0.3) is 16.0 Å². The van der Waals surface area contributed by atoms with E-state index in [1.54, 1.807) is 20.2 Å². The van der Waals surface area contributed by atoms with Crippen molar-refractivity contribution >= 4 is 27.8 Å². The summed E-state index contributed by atoms with van der Waals surface area (Å²) in [5.74, 6) is -3.16. The van der Waals surface area contributed by atoms with Gasteiger partial charge in [-0.1, -0.05) is 18.2 Å². The van der Waals surface area contributed by atoms with Gasteiger partial charge in [-0.3, -0.25) is 19.3 Å². The number of halogens is 1. The summed E-state index contributed by atoms with van der Waals surface area (Å²) >= 11 is 0. The van der Waals surface area contributed by atoms with Crippen LogP contribution in [0.5, 0.6) is 0 Å². The number of nitrogens with zero attached hydrogens (tertiary/aromatic N) is 2. The molecule has 28 heavy (non-hydrogen) atoms. The van der Waals surface area contributed by atoms with E-state index in [1.807, 2.05) is 0 Å². The van der Waals surface area contributed by atoms with E-state index < -0.39 is 45.4 Å². The average Bonchev–Trinajstić information content (AvgIpc) is 2.87. The van der Waals surface area contributed by atoms with Crippen LogP contribution in [0.1, 0.15) is 18.9 Å². The van der Waals surface area contributed by atoms with Gasteiger partial charge in [-0.2, -0.15) is 8.42 Å². The van der Waals surface area contributed by atoms with Crippen molar-refractivity contribution in [1.29, 1.82) is 0 Å². The van der Waals surface area contributed by atoms with E-state index >= 15 is 0 Å². The Morgan fingerprint density at radius 3 is 2.46 bits per heavy atom. The highest BCUT2D eigenvalue weighted by molar-refractivity contribution is 7.86. The molecular formula is C17H22FN3O6S. The fraction of sp³-hybridized carbons (Fsp3) is 0.471. The second kappa shape index (κ2) is 7.94. The Hall–Kier alpha value is -2.37. The average molecular weight is 415 g/mol. The van der Waals surface area contributed by atoms with Crippen LogP contribution in [0.3, 0.4) is 0 Å². The van der Waals surface area contributed by atoms with Crippen LogP contribution in [0.25, 0.3) is 0 Å². The summed E-state index contributed by atoms with van der Waals surface area (Å²) in [7, 11) is -1.08. The van der Waals surface area contributed by atoms with Crippen molar-refractivity contribution in [2.75, 3.05) is 20.4 Å². The Morgan fingerprint density at radius 1 is 1.36 bits per heavy atom. The van der Waals surface area contributed by atoms with Crippen molar-refractivity contribution in [3.63, 3.8) is 0 Å². The number of carbonyl (C=O) groups is 3. The summed E-state index contributed by atoms with van der Waals surface area (Å²) < 4.78 is 42.1. The van der Waals surface area contributed by atoms with E-state index in [2.05, 4.69) is 5.32 Å². The SMILES string of the molecule is CN(C)C1CC(=O)N(C(C)(OS(C)(=O)=O)C(=O)NCc2ccccc2F)C1=O. The molecule has 1 N–H and O–H groups in total. The van der Waals surface area contributed by atoms with E-state index in [0.29, 0.717) is 11.2 Å². The maximum Gasteiger partial charge on any atom is 0.275 e. The highest BCUT2D eigenvalue weighted by atomic mass is 32.2. The van der Waals surface area contributed by atoms with Gasteiger partial charge in [0.1, 0.15) is 5.82 Å². The van der Waals surface area contributed by atoms with E-state index in [1.165, 1.54) is 23.1 Å². The molecule has 2 rings (SSSR count). The van der Waals surface area contributed by atoms with Gasteiger partial charge in [-0.25, -0.2) is 13.5 Å². The van der Waals surface area contributed by atoms with Crippen LogP contribution in [0, 0.1) is 5.82 Å². The van der Waals surface area contributed by atoms with E-state index in [9.17, 15) is 27.2 Å². The highest BCUT2D eigenvalue weighted by Crippen LogP contribution is 2.29. The zero-order valence-electron chi connectivity index (χ0n) is 15.9. The lowest BCUT2D eigenvalue weighted by Gasteiger charge is -2.34. The molecule has 9 nitrogen and oxygen atoms in total.